The summed E-state index contributed by atoms with van der Waals surface area (Å²) in [5.74, 6) is -0.133. The van der Waals surface area contributed by atoms with Crippen LogP contribution in [0.25, 0.3) is 0 Å². The zero-order valence-corrected chi connectivity index (χ0v) is 22.1. The smallest absolute Gasteiger partial charge is 0.304 e. The van der Waals surface area contributed by atoms with Crippen LogP contribution >= 0.6 is 0 Å². The summed E-state index contributed by atoms with van der Waals surface area (Å²) in [6, 6.07) is 14.7. The number of methoxy groups -OCH3 is 1. The van der Waals surface area contributed by atoms with Crippen molar-refractivity contribution in [1.29, 1.82) is 0 Å². The average molecular weight is 505 g/mol. The van der Waals surface area contributed by atoms with Crippen LogP contribution in [0.2, 0.25) is 0 Å². The Morgan fingerprint density at radius 3 is 2.11 bits per heavy atom. The Kier molecular flexibility index (Phi) is 10.1. The molecule has 2 aromatic rings. The zero-order chi connectivity index (χ0) is 26.2. The van der Waals surface area contributed by atoms with Gasteiger partial charge in [-0.1, -0.05) is 37.3 Å². The van der Waals surface area contributed by atoms with E-state index in [1.807, 2.05) is 26.0 Å². The summed E-state index contributed by atoms with van der Waals surface area (Å²) in [5, 5.41) is 2.91. The largest absolute Gasteiger partial charge is 0.497 e. The minimum Gasteiger partial charge on any atom is -0.497 e. The van der Waals surface area contributed by atoms with Crippen LogP contribution in [0, 0.1) is 0 Å². The van der Waals surface area contributed by atoms with Gasteiger partial charge >= 0.3 is 10.2 Å². The van der Waals surface area contributed by atoms with Gasteiger partial charge in [0.15, 0.2) is 0 Å². The molecule has 9 nitrogen and oxygen atoms in total. The first-order valence-corrected chi connectivity index (χ1v) is 12.9. The molecule has 2 atom stereocenters. The highest BCUT2D eigenvalue weighted by molar-refractivity contribution is 7.90. The summed E-state index contributed by atoms with van der Waals surface area (Å²) in [6.07, 6.45) is 0.744. The van der Waals surface area contributed by atoms with Gasteiger partial charge in [-0.15, -0.1) is 0 Å². The van der Waals surface area contributed by atoms with Crippen molar-refractivity contribution >= 4 is 27.7 Å². The molecule has 2 rings (SSSR count). The molecule has 0 unspecified atom stereocenters. The molecule has 0 aromatic heterocycles. The molecular formula is C25H36N4O5S. The van der Waals surface area contributed by atoms with Crippen LogP contribution in [-0.4, -0.2) is 69.3 Å². The normalized spacial score (nSPS) is 13.1. The van der Waals surface area contributed by atoms with E-state index in [1.54, 1.807) is 56.5 Å². The predicted octanol–water partition coefficient (Wildman–Crippen LogP) is 2.64. The second-order valence-corrected chi connectivity index (χ2v) is 10.6. The summed E-state index contributed by atoms with van der Waals surface area (Å²) >= 11 is 0. The third-order valence-electron chi connectivity index (χ3n) is 5.74. The second-order valence-electron chi connectivity index (χ2n) is 8.50. The number of ether oxygens (including phenoxy) is 1. The van der Waals surface area contributed by atoms with Gasteiger partial charge in [-0.25, -0.2) is 4.31 Å². The Morgan fingerprint density at radius 2 is 1.60 bits per heavy atom. The highest BCUT2D eigenvalue weighted by Crippen LogP contribution is 2.21. The van der Waals surface area contributed by atoms with Crippen molar-refractivity contribution in [1.82, 2.24) is 14.5 Å². The lowest BCUT2D eigenvalue weighted by Gasteiger charge is -2.33. The van der Waals surface area contributed by atoms with E-state index in [4.69, 9.17) is 4.74 Å². The van der Waals surface area contributed by atoms with E-state index in [9.17, 15) is 18.0 Å². The van der Waals surface area contributed by atoms with E-state index < -0.39 is 28.7 Å². The van der Waals surface area contributed by atoms with Crippen molar-refractivity contribution in [3.05, 3.63) is 60.2 Å². The second kappa shape index (κ2) is 12.6. The van der Waals surface area contributed by atoms with Gasteiger partial charge in [-0.05, 0) is 50.1 Å². The summed E-state index contributed by atoms with van der Waals surface area (Å²) < 4.78 is 33.5. The van der Waals surface area contributed by atoms with Crippen LogP contribution in [0.3, 0.4) is 0 Å². The lowest BCUT2D eigenvalue weighted by atomic mass is 10.1. The Labute approximate surface area is 208 Å². The van der Waals surface area contributed by atoms with Crippen LogP contribution in [0.15, 0.2) is 54.6 Å². The Bertz CT molecular complexity index is 1070. The number of benzene rings is 2. The molecule has 35 heavy (non-hydrogen) atoms. The van der Waals surface area contributed by atoms with Gasteiger partial charge in [-0.2, -0.15) is 12.7 Å². The zero-order valence-electron chi connectivity index (χ0n) is 21.3. The number of amides is 2. The molecule has 2 amide bonds. The summed E-state index contributed by atoms with van der Waals surface area (Å²) in [6.45, 7) is 5.16. The van der Waals surface area contributed by atoms with E-state index in [-0.39, 0.29) is 18.5 Å². The molecule has 10 heteroatoms. The van der Waals surface area contributed by atoms with Gasteiger partial charge in [0.2, 0.25) is 11.8 Å². The SMILES string of the molecule is CC[C@H](C)NC(=O)[C@@H](C)N(Cc1ccc(OC)cc1)C(=O)CN(c1ccccc1)S(=O)(=O)N(C)C. The fraction of sp³-hybridized carbons (Fsp3) is 0.440. The van der Waals surface area contributed by atoms with Crippen molar-refractivity contribution in [3.63, 3.8) is 0 Å². The maximum atomic E-state index is 13.6. The number of rotatable bonds is 12. The number of carbonyl (C=O) groups is 2. The topological polar surface area (TPSA) is 99.3 Å². The first kappa shape index (κ1) is 28.1. The maximum Gasteiger partial charge on any atom is 0.304 e. The molecule has 192 valence electrons. The minimum absolute atomic E-state index is 0.0576. The summed E-state index contributed by atoms with van der Waals surface area (Å²) in [4.78, 5) is 28.0. The van der Waals surface area contributed by atoms with E-state index in [1.165, 1.54) is 19.0 Å². The molecular weight excluding hydrogens is 468 g/mol. The third kappa shape index (κ3) is 7.43. The standard InChI is InChI=1S/C25H36N4O5S/c1-7-19(2)26-25(31)20(3)28(17-21-13-15-23(34-6)16-14-21)24(30)18-29(35(32,33)27(4)5)22-11-9-8-10-12-22/h8-16,19-20H,7,17-18H2,1-6H3,(H,26,31)/t19-,20+/m0/s1. The van der Waals surface area contributed by atoms with Crippen LogP contribution in [0.5, 0.6) is 5.75 Å². The first-order valence-electron chi connectivity index (χ1n) is 11.5. The van der Waals surface area contributed by atoms with E-state index in [0.717, 1.165) is 20.6 Å². The van der Waals surface area contributed by atoms with E-state index in [2.05, 4.69) is 5.32 Å². The molecule has 0 aliphatic carbocycles. The van der Waals surface area contributed by atoms with Crippen LogP contribution in [-0.2, 0) is 26.3 Å². The molecule has 1 N–H and O–H groups in total. The number of hydrogen-bond acceptors (Lipinski definition) is 5. The van der Waals surface area contributed by atoms with Gasteiger partial charge in [0, 0.05) is 26.7 Å². The number of carbonyl (C=O) groups excluding carboxylic acids is 2. The minimum atomic E-state index is -3.97. The number of anilines is 1. The molecule has 0 saturated carbocycles. The predicted molar refractivity (Wildman–Crippen MR) is 137 cm³/mol. The molecule has 0 aliphatic heterocycles. The van der Waals surface area contributed by atoms with Crippen molar-refractivity contribution in [3.8, 4) is 5.75 Å². The number of hydrogen-bond donors (Lipinski definition) is 1. The molecule has 0 bridgehead atoms. The van der Waals surface area contributed by atoms with Crippen molar-refractivity contribution in [2.45, 2.75) is 45.8 Å². The van der Waals surface area contributed by atoms with Gasteiger partial charge in [0.25, 0.3) is 0 Å². The van der Waals surface area contributed by atoms with E-state index >= 15 is 0 Å². The molecule has 0 fully saturated rings. The molecule has 2 aromatic carbocycles. The first-order chi connectivity index (χ1) is 16.5. The lowest BCUT2D eigenvalue weighted by molar-refractivity contribution is -0.139. The Hall–Kier alpha value is -3.11. The van der Waals surface area contributed by atoms with Gasteiger partial charge in [0.05, 0.1) is 12.8 Å². The molecule has 0 aliphatic rings. The molecule has 0 spiro atoms. The van der Waals surface area contributed by atoms with Gasteiger partial charge < -0.3 is 15.0 Å². The third-order valence-corrected chi connectivity index (χ3v) is 7.56. The molecule has 0 heterocycles. The molecule has 0 radical (unpaired) electrons. The highest BCUT2D eigenvalue weighted by Gasteiger charge is 2.32. The Balaban J connectivity index is 2.41. The fourth-order valence-electron chi connectivity index (χ4n) is 3.29. The number of para-hydroxylation sites is 1. The fourth-order valence-corrected chi connectivity index (χ4v) is 4.34. The van der Waals surface area contributed by atoms with Crippen molar-refractivity contribution in [2.24, 2.45) is 0 Å². The monoisotopic (exact) mass is 504 g/mol. The highest BCUT2D eigenvalue weighted by atomic mass is 32.2. The van der Waals surface area contributed by atoms with E-state index in [0.29, 0.717) is 11.4 Å². The number of nitrogens with one attached hydrogen (secondary N) is 1. The average Bonchev–Trinajstić information content (AvgIpc) is 2.85. The quantitative estimate of drug-likeness (QED) is 0.479. The van der Waals surface area contributed by atoms with Gasteiger partial charge in [-0.3, -0.25) is 9.59 Å². The van der Waals surface area contributed by atoms with Crippen molar-refractivity contribution < 1.29 is 22.7 Å². The summed E-state index contributed by atoms with van der Waals surface area (Å²) in [5.41, 5.74) is 1.14. The summed E-state index contributed by atoms with van der Waals surface area (Å²) in [7, 11) is 0.415. The maximum absolute atomic E-state index is 13.6. The van der Waals surface area contributed by atoms with Crippen molar-refractivity contribution in [2.75, 3.05) is 32.1 Å². The number of nitrogens with zero attached hydrogens (tertiary/aromatic N) is 3. The molecule has 0 saturated heterocycles. The van der Waals surface area contributed by atoms with Gasteiger partial charge in [0.1, 0.15) is 18.3 Å². The van der Waals surface area contributed by atoms with Crippen LogP contribution in [0.4, 0.5) is 5.69 Å². The lowest BCUT2D eigenvalue weighted by Crippen LogP contribution is -2.53. The Morgan fingerprint density at radius 1 is 1.00 bits per heavy atom. The van der Waals surface area contributed by atoms with Crippen LogP contribution in [0.1, 0.15) is 32.8 Å². The van der Waals surface area contributed by atoms with Crippen LogP contribution < -0.4 is 14.4 Å².